The first kappa shape index (κ1) is 11.5. The molecule has 0 unspecified atom stereocenters. The normalized spacial score (nSPS) is 11.1. The number of fused-ring (bicyclic) bond motifs is 4. The summed E-state index contributed by atoms with van der Waals surface area (Å²) in [6.07, 6.45) is 0. The minimum Gasteiger partial charge on any atom is -0.354 e. The van der Waals surface area contributed by atoms with Crippen molar-refractivity contribution in [1.29, 1.82) is 0 Å². The van der Waals surface area contributed by atoms with Crippen LogP contribution in [0.15, 0.2) is 47.8 Å². The Morgan fingerprint density at radius 2 is 1.76 bits per heavy atom. The second-order valence-electron chi connectivity index (χ2n) is 4.03. The zero-order valence-electron chi connectivity index (χ0n) is 8.88. The zero-order chi connectivity index (χ0) is 10.5. The van der Waals surface area contributed by atoms with Crippen molar-refractivity contribution in [1.82, 2.24) is 4.98 Å². The molecule has 2 heterocycles. The van der Waals surface area contributed by atoms with E-state index in [9.17, 15) is 0 Å². The van der Waals surface area contributed by atoms with Gasteiger partial charge in [-0.3, -0.25) is 0 Å². The van der Waals surface area contributed by atoms with E-state index in [1.807, 2.05) is 0 Å². The maximum absolute atomic E-state index is 3.46. The summed E-state index contributed by atoms with van der Waals surface area (Å²) in [7, 11) is 0. The number of hydrogen-bond donors (Lipinski definition) is 1. The molecule has 0 saturated carbocycles. The summed E-state index contributed by atoms with van der Waals surface area (Å²) in [6, 6.07) is 15.2. The molecule has 0 radical (unpaired) electrons. The van der Waals surface area contributed by atoms with E-state index in [4.69, 9.17) is 0 Å². The Hall–Kier alpha value is -0.540. The van der Waals surface area contributed by atoms with Gasteiger partial charge in [0, 0.05) is 64.2 Å². The minimum atomic E-state index is 0. The number of benzene rings is 2. The number of rotatable bonds is 0. The predicted molar refractivity (Wildman–Crippen MR) is 71.2 cm³/mol. The predicted octanol–water partition coefficient (Wildman–Crippen LogP) is 4.54. The van der Waals surface area contributed by atoms with Crippen molar-refractivity contribution < 1.29 is 37.7 Å². The van der Waals surface area contributed by atoms with Crippen LogP contribution in [0.1, 0.15) is 0 Å². The smallest absolute Gasteiger partial charge is 0.0471 e. The van der Waals surface area contributed by atoms with Gasteiger partial charge in [0.1, 0.15) is 0 Å². The molecule has 1 nitrogen and oxygen atoms in total. The van der Waals surface area contributed by atoms with Crippen LogP contribution in [-0.4, -0.2) is 4.98 Å². The molecule has 2 aromatic heterocycles. The molecule has 17 heavy (non-hydrogen) atoms. The van der Waals surface area contributed by atoms with Crippen molar-refractivity contribution in [2.24, 2.45) is 0 Å². The molecular weight excluding hydrogens is 254 g/mol. The number of aromatic nitrogens is 1. The van der Waals surface area contributed by atoms with Crippen LogP contribution in [0.4, 0.5) is 0 Å². The molecule has 0 fully saturated rings. The van der Waals surface area contributed by atoms with E-state index in [0.29, 0.717) is 0 Å². The SMILES string of the molecule is [Ar].c1ccc2c(c1)[nH]c1cc3ccsc3cc12. The average Bonchev–Trinajstić information content (AvgIpc) is 2.88. The van der Waals surface area contributed by atoms with Gasteiger partial charge in [-0.2, -0.15) is 0 Å². The van der Waals surface area contributed by atoms with Crippen LogP contribution < -0.4 is 0 Å². The molecule has 0 amide bonds. The topological polar surface area (TPSA) is 15.8 Å². The summed E-state index contributed by atoms with van der Waals surface area (Å²) in [6.45, 7) is 0. The molecule has 84 valence electrons. The first-order valence-electron chi connectivity index (χ1n) is 5.29. The Bertz CT molecular complexity index is 813. The van der Waals surface area contributed by atoms with Crippen molar-refractivity contribution in [3.63, 3.8) is 0 Å². The summed E-state index contributed by atoms with van der Waals surface area (Å²) in [4.78, 5) is 3.46. The fraction of sp³-hybridized carbons (Fsp3) is 0. The Morgan fingerprint density at radius 3 is 2.71 bits per heavy atom. The van der Waals surface area contributed by atoms with E-state index in [1.165, 1.54) is 31.9 Å². The molecule has 0 aliphatic rings. The monoisotopic (exact) mass is 263 g/mol. The van der Waals surface area contributed by atoms with E-state index in [-0.39, 0.29) is 37.7 Å². The van der Waals surface area contributed by atoms with Crippen molar-refractivity contribution in [3.8, 4) is 0 Å². The van der Waals surface area contributed by atoms with E-state index in [2.05, 4.69) is 52.8 Å². The van der Waals surface area contributed by atoms with Gasteiger partial charge in [-0.05, 0) is 35.0 Å². The summed E-state index contributed by atoms with van der Waals surface area (Å²) in [5, 5.41) is 6.11. The van der Waals surface area contributed by atoms with Gasteiger partial charge in [-0.25, -0.2) is 0 Å². The molecule has 3 heteroatoms. The molecule has 4 aromatic rings. The fourth-order valence-electron chi connectivity index (χ4n) is 2.31. The van der Waals surface area contributed by atoms with Gasteiger partial charge in [-0.1, -0.05) is 18.2 Å². The molecule has 0 aliphatic heterocycles. The Morgan fingerprint density at radius 1 is 0.882 bits per heavy atom. The van der Waals surface area contributed by atoms with Crippen LogP contribution in [0.2, 0.25) is 0 Å². The van der Waals surface area contributed by atoms with Gasteiger partial charge in [0.2, 0.25) is 0 Å². The van der Waals surface area contributed by atoms with Crippen LogP contribution >= 0.6 is 11.3 Å². The van der Waals surface area contributed by atoms with Gasteiger partial charge in [-0.15, -0.1) is 11.3 Å². The second kappa shape index (κ2) is 4.29. The standard InChI is InChI=1S/C14H9NS.Ar/c1-2-4-12-10(3-1)11-8-14-9(5-6-16-14)7-13(11)15-12;/h1-8,15H;. The third-order valence-corrected chi connectivity index (χ3v) is 3.96. The molecule has 0 atom stereocenters. The first-order chi connectivity index (χ1) is 7.92. The zero-order valence-corrected chi connectivity index (χ0v) is 10.4. The van der Waals surface area contributed by atoms with Crippen molar-refractivity contribution in [3.05, 3.63) is 47.8 Å². The summed E-state index contributed by atoms with van der Waals surface area (Å²) < 4.78 is 1.36. The molecule has 0 saturated heterocycles. The van der Waals surface area contributed by atoms with Gasteiger partial charge in [0.15, 0.2) is 0 Å². The Labute approximate surface area is 132 Å². The number of thiophene rings is 1. The summed E-state index contributed by atoms with van der Waals surface area (Å²) in [5.74, 6) is 0. The van der Waals surface area contributed by atoms with Crippen molar-refractivity contribution in [2.45, 2.75) is 0 Å². The van der Waals surface area contributed by atoms with Crippen LogP contribution in [-0.2, 0) is 0 Å². The molecular formula is C14H9ArNS. The Kier molecular flexibility index (Phi) is 2.91. The molecule has 2 aromatic carbocycles. The Balaban J connectivity index is 0.000000902. The van der Waals surface area contributed by atoms with E-state index < -0.39 is 0 Å². The number of H-pyrrole nitrogens is 1. The van der Waals surface area contributed by atoms with Crippen LogP contribution in [0.25, 0.3) is 31.9 Å². The largest absolute Gasteiger partial charge is 0.354 e. The number of hydrogen-bond acceptors (Lipinski definition) is 1. The first-order valence-corrected chi connectivity index (χ1v) is 6.17. The number of aromatic amines is 1. The third-order valence-electron chi connectivity index (χ3n) is 3.08. The van der Waals surface area contributed by atoms with E-state index in [0.717, 1.165) is 0 Å². The van der Waals surface area contributed by atoms with Gasteiger partial charge in [0.25, 0.3) is 0 Å². The van der Waals surface area contributed by atoms with Gasteiger partial charge in [0.05, 0.1) is 0 Å². The fourth-order valence-corrected chi connectivity index (χ4v) is 3.12. The molecule has 4 rings (SSSR count). The maximum Gasteiger partial charge on any atom is 0.0471 e. The molecule has 0 bridgehead atoms. The molecule has 1 N–H and O–H groups in total. The molecule has 0 aliphatic carbocycles. The number of nitrogens with one attached hydrogen (secondary N) is 1. The number of para-hydroxylation sites is 1. The van der Waals surface area contributed by atoms with Crippen LogP contribution in [0, 0.1) is 37.7 Å². The van der Waals surface area contributed by atoms with E-state index in [1.54, 1.807) is 11.3 Å². The average molecular weight is 263 g/mol. The van der Waals surface area contributed by atoms with Gasteiger partial charge < -0.3 is 4.98 Å². The van der Waals surface area contributed by atoms with E-state index >= 15 is 0 Å². The van der Waals surface area contributed by atoms with Gasteiger partial charge >= 0.3 is 0 Å². The van der Waals surface area contributed by atoms with Crippen molar-refractivity contribution in [2.75, 3.05) is 0 Å². The summed E-state index contributed by atoms with van der Waals surface area (Å²) >= 11 is 1.80. The van der Waals surface area contributed by atoms with Crippen molar-refractivity contribution >= 4 is 43.2 Å². The second-order valence-corrected chi connectivity index (χ2v) is 4.97. The summed E-state index contributed by atoms with van der Waals surface area (Å²) in [5.41, 5.74) is 2.45. The minimum absolute atomic E-state index is 0. The molecule has 0 spiro atoms. The third kappa shape index (κ3) is 1.71. The maximum atomic E-state index is 3.46. The quantitative estimate of drug-likeness (QED) is 0.479. The van der Waals surface area contributed by atoms with Crippen LogP contribution in [0.3, 0.4) is 0 Å². The van der Waals surface area contributed by atoms with Crippen LogP contribution in [0.5, 0.6) is 0 Å².